The lowest BCUT2D eigenvalue weighted by Gasteiger charge is -2.27. The number of methoxy groups -OCH3 is 1. The molecular formula is C16H18N2O6. The molecule has 2 aliphatic heterocycles. The molecule has 1 N–H and O–H groups in total. The van der Waals surface area contributed by atoms with Crippen molar-refractivity contribution in [2.24, 2.45) is 0 Å². The van der Waals surface area contributed by atoms with E-state index in [9.17, 15) is 9.59 Å². The zero-order chi connectivity index (χ0) is 16.9. The van der Waals surface area contributed by atoms with E-state index in [2.05, 4.69) is 5.32 Å². The van der Waals surface area contributed by atoms with E-state index in [1.165, 1.54) is 19.6 Å². The molecule has 0 radical (unpaired) electrons. The lowest BCUT2D eigenvalue weighted by molar-refractivity contribution is -0.0240. The SMILES string of the molecule is COC(=O)c1ccc(NC(=O)N2CCOCC2)c(C2OC=CO2)c1. The summed E-state index contributed by atoms with van der Waals surface area (Å²) in [6.07, 6.45) is 2.08. The Balaban J connectivity index is 1.82. The summed E-state index contributed by atoms with van der Waals surface area (Å²) in [4.78, 5) is 25.8. The van der Waals surface area contributed by atoms with Crippen LogP contribution in [0.3, 0.4) is 0 Å². The van der Waals surface area contributed by atoms with Crippen molar-refractivity contribution in [3.63, 3.8) is 0 Å². The second-order valence-corrected chi connectivity index (χ2v) is 5.20. The minimum atomic E-state index is -0.727. The highest BCUT2D eigenvalue weighted by Gasteiger charge is 2.24. The lowest BCUT2D eigenvalue weighted by atomic mass is 10.1. The van der Waals surface area contributed by atoms with Crippen LogP contribution in [0.25, 0.3) is 0 Å². The lowest BCUT2D eigenvalue weighted by Crippen LogP contribution is -2.43. The van der Waals surface area contributed by atoms with E-state index in [0.717, 1.165) is 0 Å². The van der Waals surface area contributed by atoms with E-state index < -0.39 is 12.3 Å². The number of nitrogens with zero attached hydrogens (tertiary/aromatic N) is 1. The van der Waals surface area contributed by atoms with Gasteiger partial charge in [0.1, 0.15) is 12.5 Å². The molecular weight excluding hydrogens is 316 g/mol. The molecule has 24 heavy (non-hydrogen) atoms. The van der Waals surface area contributed by atoms with Crippen LogP contribution in [0.5, 0.6) is 0 Å². The molecule has 1 aromatic carbocycles. The zero-order valence-corrected chi connectivity index (χ0v) is 13.2. The van der Waals surface area contributed by atoms with Gasteiger partial charge in [-0.2, -0.15) is 0 Å². The standard InChI is InChI=1S/C16H18N2O6/c1-21-14(19)11-2-3-13(12(10-11)15-23-8-9-24-15)17-16(20)18-4-6-22-7-5-18/h2-3,8-10,15H,4-7H2,1H3,(H,17,20). The van der Waals surface area contributed by atoms with Crippen LogP contribution in [0.4, 0.5) is 10.5 Å². The molecule has 2 heterocycles. The predicted molar refractivity (Wildman–Crippen MR) is 83.2 cm³/mol. The van der Waals surface area contributed by atoms with E-state index in [4.69, 9.17) is 18.9 Å². The monoisotopic (exact) mass is 334 g/mol. The number of carbonyl (C=O) groups is 2. The molecule has 2 amide bonds. The van der Waals surface area contributed by atoms with E-state index in [-0.39, 0.29) is 6.03 Å². The molecule has 0 unspecified atom stereocenters. The van der Waals surface area contributed by atoms with Crippen molar-refractivity contribution in [1.29, 1.82) is 0 Å². The van der Waals surface area contributed by atoms with Gasteiger partial charge in [0.2, 0.25) is 0 Å². The van der Waals surface area contributed by atoms with Gasteiger partial charge in [0.05, 0.1) is 37.1 Å². The summed E-state index contributed by atoms with van der Waals surface area (Å²) in [5, 5.41) is 2.83. The molecule has 1 aromatic rings. The van der Waals surface area contributed by atoms with Gasteiger partial charge in [-0.3, -0.25) is 0 Å². The molecule has 0 atom stereocenters. The quantitative estimate of drug-likeness (QED) is 0.849. The summed E-state index contributed by atoms with van der Waals surface area (Å²) in [6.45, 7) is 2.08. The summed E-state index contributed by atoms with van der Waals surface area (Å²) in [7, 11) is 1.31. The van der Waals surface area contributed by atoms with Gasteiger partial charge in [-0.25, -0.2) is 9.59 Å². The van der Waals surface area contributed by atoms with Gasteiger partial charge < -0.3 is 29.2 Å². The molecule has 0 bridgehead atoms. The first-order chi connectivity index (χ1) is 11.7. The number of rotatable bonds is 3. The number of morpholine rings is 1. The van der Waals surface area contributed by atoms with Crippen molar-refractivity contribution < 1.29 is 28.5 Å². The molecule has 1 fully saturated rings. The Morgan fingerprint density at radius 1 is 1.21 bits per heavy atom. The summed E-state index contributed by atoms with van der Waals surface area (Å²) in [6, 6.07) is 4.55. The van der Waals surface area contributed by atoms with Gasteiger partial charge in [-0.1, -0.05) is 0 Å². The number of hydrogen-bond acceptors (Lipinski definition) is 6. The van der Waals surface area contributed by atoms with Crippen molar-refractivity contribution in [1.82, 2.24) is 4.90 Å². The zero-order valence-electron chi connectivity index (χ0n) is 13.2. The number of ether oxygens (including phenoxy) is 4. The fourth-order valence-electron chi connectivity index (χ4n) is 2.46. The molecule has 8 heteroatoms. The molecule has 128 valence electrons. The van der Waals surface area contributed by atoms with Crippen molar-refractivity contribution in [2.45, 2.75) is 6.29 Å². The number of urea groups is 1. The van der Waals surface area contributed by atoms with Crippen LogP contribution in [0.2, 0.25) is 0 Å². The molecule has 0 spiro atoms. The third kappa shape index (κ3) is 3.43. The third-order valence-corrected chi connectivity index (χ3v) is 3.73. The molecule has 0 saturated carbocycles. The minimum absolute atomic E-state index is 0.240. The largest absolute Gasteiger partial charge is 0.465 e. The van der Waals surface area contributed by atoms with Crippen LogP contribution in [0.15, 0.2) is 30.7 Å². The van der Waals surface area contributed by atoms with Gasteiger partial charge in [0, 0.05) is 13.1 Å². The second kappa shape index (κ2) is 7.22. The predicted octanol–water partition coefficient (Wildman–Crippen LogP) is 1.85. The number of carbonyl (C=O) groups excluding carboxylic acids is 2. The highest BCUT2D eigenvalue weighted by molar-refractivity contribution is 5.93. The van der Waals surface area contributed by atoms with Gasteiger partial charge in [0.25, 0.3) is 6.29 Å². The summed E-state index contributed by atoms with van der Waals surface area (Å²) in [5.74, 6) is -0.478. The van der Waals surface area contributed by atoms with Gasteiger partial charge in [0.15, 0.2) is 0 Å². The van der Waals surface area contributed by atoms with Gasteiger partial charge in [-0.05, 0) is 18.2 Å². The number of esters is 1. The van der Waals surface area contributed by atoms with E-state index in [1.807, 2.05) is 0 Å². The summed E-state index contributed by atoms with van der Waals surface area (Å²) >= 11 is 0. The smallest absolute Gasteiger partial charge is 0.337 e. The Morgan fingerprint density at radius 3 is 2.58 bits per heavy atom. The summed E-state index contributed by atoms with van der Waals surface area (Å²) in [5.41, 5.74) is 1.38. The van der Waals surface area contributed by atoms with Crippen LogP contribution < -0.4 is 5.32 Å². The first kappa shape index (κ1) is 16.1. The van der Waals surface area contributed by atoms with Gasteiger partial charge in [-0.15, -0.1) is 0 Å². The first-order valence-electron chi connectivity index (χ1n) is 7.51. The normalized spacial score (nSPS) is 17.1. The molecule has 2 aliphatic rings. The van der Waals surface area contributed by atoms with Crippen LogP contribution >= 0.6 is 0 Å². The van der Waals surface area contributed by atoms with Crippen LogP contribution in [-0.4, -0.2) is 50.3 Å². The molecule has 3 rings (SSSR count). The van der Waals surface area contributed by atoms with Crippen molar-refractivity contribution in [3.8, 4) is 0 Å². The highest BCUT2D eigenvalue weighted by Crippen LogP contribution is 2.31. The summed E-state index contributed by atoms with van der Waals surface area (Å²) < 4.78 is 20.6. The Morgan fingerprint density at radius 2 is 1.92 bits per heavy atom. The number of nitrogens with one attached hydrogen (secondary N) is 1. The average Bonchev–Trinajstić information content (AvgIpc) is 3.16. The molecule has 0 aliphatic carbocycles. The maximum absolute atomic E-state index is 12.4. The van der Waals surface area contributed by atoms with E-state index >= 15 is 0 Å². The van der Waals surface area contributed by atoms with E-state index in [1.54, 1.807) is 23.1 Å². The van der Waals surface area contributed by atoms with Crippen molar-refractivity contribution >= 4 is 17.7 Å². The van der Waals surface area contributed by atoms with E-state index in [0.29, 0.717) is 43.1 Å². The number of hydrogen-bond donors (Lipinski definition) is 1. The van der Waals surface area contributed by atoms with Gasteiger partial charge >= 0.3 is 12.0 Å². The fraction of sp³-hybridized carbons (Fsp3) is 0.375. The first-order valence-corrected chi connectivity index (χ1v) is 7.51. The maximum atomic E-state index is 12.4. The van der Waals surface area contributed by atoms with Crippen LogP contribution in [0, 0.1) is 0 Å². The Kier molecular flexibility index (Phi) is 4.85. The fourth-order valence-corrected chi connectivity index (χ4v) is 2.46. The Bertz CT molecular complexity index is 646. The average molecular weight is 334 g/mol. The Labute approximate surface area is 138 Å². The van der Waals surface area contributed by atoms with Crippen LogP contribution in [-0.2, 0) is 18.9 Å². The molecule has 8 nitrogen and oxygen atoms in total. The molecule has 0 aromatic heterocycles. The minimum Gasteiger partial charge on any atom is -0.465 e. The Hall–Kier alpha value is -2.74. The van der Waals surface area contributed by atoms with Crippen molar-refractivity contribution in [2.75, 3.05) is 38.7 Å². The third-order valence-electron chi connectivity index (χ3n) is 3.73. The molecule has 1 saturated heterocycles. The topological polar surface area (TPSA) is 86.3 Å². The number of benzene rings is 1. The number of amides is 2. The second-order valence-electron chi connectivity index (χ2n) is 5.20. The van der Waals surface area contributed by atoms with Crippen LogP contribution in [0.1, 0.15) is 22.2 Å². The number of anilines is 1. The van der Waals surface area contributed by atoms with Crippen molar-refractivity contribution in [3.05, 3.63) is 41.9 Å². The highest BCUT2D eigenvalue weighted by atomic mass is 16.7. The maximum Gasteiger partial charge on any atom is 0.337 e.